The van der Waals surface area contributed by atoms with Crippen molar-refractivity contribution < 1.29 is 14.6 Å². The second kappa shape index (κ2) is 4.30. The maximum Gasteiger partial charge on any atom is 0.313 e. The number of fused-ring (bicyclic) bond motifs is 5. The average Bonchev–Trinajstić information content (AvgIpc) is 2.75. The summed E-state index contributed by atoms with van der Waals surface area (Å²) in [6, 6.07) is 8.69. The summed E-state index contributed by atoms with van der Waals surface area (Å²) in [5, 5.41) is 10.4. The van der Waals surface area contributed by atoms with E-state index in [0.717, 1.165) is 13.0 Å². The lowest BCUT2D eigenvalue weighted by Gasteiger charge is -2.48. The van der Waals surface area contributed by atoms with Crippen molar-refractivity contribution in [3.63, 3.8) is 0 Å². The van der Waals surface area contributed by atoms with Crippen LogP contribution in [-0.4, -0.2) is 40.8 Å². The summed E-state index contributed by atoms with van der Waals surface area (Å²) in [5.74, 6) is -0.598. The van der Waals surface area contributed by atoms with Gasteiger partial charge in [0.25, 0.3) is 0 Å². The lowest BCUT2D eigenvalue weighted by molar-refractivity contribution is -0.147. The minimum atomic E-state index is -0.593. The molecule has 4 rings (SSSR count). The maximum atomic E-state index is 11.9. The van der Waals surface area contributed by atoms with Crippen molar-refractivity contribution in [1.82, 2.24) is 4.90 Å². The highest BCUT2D eigenvalue weighted by Crippen LogP contribution is 2.45. The van der Waals surface area contributed by atoms with Crippen LogP contribution in [0.4, 0.5) is 0 Å². The van der Waals surface area contributed by atoms with Crippen LogP contribution in [0.2, 0.25) is 0 Å². The number of ether oxygens (including phenoxy) is 1. The number of aliphatic hydroxyl groups excluding tert-OH is 1. The van der Waals surface area contributed by atoms with Gasteiger partial charge < -0.3 is 9.84 Å². The highest BCUT2D eigenvalue weighted by molar-refractivity contribution is 5.77. The third-order valence-corrected chi connectivity index (χ3v) is 5.14. The Hall–Kier alpha value is -1.39. The predicted octanol–water partition coefficient (Wildman–Crippen LogP) is 1.28. The zero-order valence-corrected chi connectivity index (χ0v) is 11.5. The molecule has 3 aliphatic heterocycles. The first-order chi connectivity index (χ1) is 9.66. The standard InChI is InChI=1S/C16H19NO3/c1-9-15-14(16(19)20-9)13(18)8-12-11-5-3-2-4-10(11)6-7-17(12)15/h2-5,9,12-15,18H,6-8H2,1H3/t9-,12-,13+,14-,15-/m0/s1. The van der Waals surface area contributed by atoms with Gasteiger partial charge in [-0.05, 0) is 30.9 Å². The Kier molecular flexibility index (Phi) is 2.66. The fourth-order valence-electron chi connectivity index (χ4n) is 4.29. The number of cyclic esters (lactones) is 1. The minimum absolute atomic E-state index is 0.0182. The zero-order chi connectivity index (χ0) is 13.9. The number of nitrogens with zero attached hydrogens (tertiary/aromatic N) is 1. The number of benzene rings is 1. The smallest absolute Gasteiger partial charge is 0.313 e. The zero-order valence-electron chi connectivity index (χ0n) is 11.5. The topological polar surface area (TPSA) is 49.8 Å². The molecule has 3 aliphatic rings. The molecule has 0 bridgehead atoms. The van der Waals surface area contributed by atoms with Crippen LogP contribution in [0.5, 0.6) is 0 Å². The number of aliphatic hydroxyl groups is 1. The van der Waals surface area contributed by atoms with Crippen molar-refractivity contribution in [3.05, 3.63) is 35.4 Å². The third kappa shape index (κ3) is 1.58. The fourth-order valence-corrected chi connectivity index (χ4v) is 4.29. The largest absolute Gasteiger partial charge is 0.461 e. The second-order valence-corrected chi connectivity index (χ2v) is 6.16. The molecule has 4 nitrogen and oxygen atoms in total. The van der Waals surface area contributed by atoms with Crippen molar-refractivity contribution in [2.24, 2.45) is 5.92 Å². The molecule has 0 saturated carbocycles. The van der Waals surface area contributed by atoms with Gasteiger partial charge in [0, 0.05) is 12.6 Å². The molecular formula is C16H19NO3. The monoisotopic (exact) mass is 273 g/mol. The minimum Gasteiger partial charge on any atom is -0.461 e. The van der Waals surface area contributed by atoms with Gasteiger partial charge in [-0.3, -0.25) is 9.69 Å². The van der Waals surface area contributed by atoms with Gasteiger partial charge in [0.05, 0.1) is 12.1 Å². The van der Waals surface area contributed by atoms with E-state index < -0.39 is 6.10 Å². The summed E-state index contributed by atoms with van der Waals surface area (Å²) < 4.78 is 5.37. The average molecular weight is 273 g/mol. The Morgan fingerprint density at radius 1 is 1.35 bits per heavy atom. The van der Waals surface area contributed by atoms with Crippen molar-refractivity contribution in [3.8, 4) is 0 Å². The summed E-state index contributed by atoms with van der Waals surface area (Å²) in [4.78, 5) is 14.3. The van der Waals surface area contributed by atoms with Crippen molar-refractivity contribution in [2.45, 2.75) is 44.1 Å². The Morgan fingerprint density at radius 2 is 2.15 bits per heavy atom. The van der Waals surface area contributed by atoms with Gasteiger partial charge >= 0.3 is 5.97 Å². The van der Waals surface area contributed by atoms with E-state index in [-0.39, 0.29) is 30.1 Å². The summed E-state index contributed by atoms with van der Waals surface area (Å²) >= 11 is 0. The van der Waals surface area contributed by atoms with Crippen LogP contribution in [0.1, 0.15) is 30.5 Å². The molecule has 0 amide bonds. The molecule has 0 aromatic heterocycles. The van der Waals surface area contributed by atoms with Gasteiger partial charge in [0.15, 0.2) is 0 Å². The Bertz CT molecular complexity index is 558. The van der Waals surface area contributed by atoms with Crippen molar-refractivity contribution in [1.29, 1.82) is 0 Å². The van der Waals surface area contributed by atoms with Crippen LogP contribution in [0, 0.1) is 5.92 Å². The molecule has 0 unspecified atom stereocenters. The van der Waals surface area contributed by atoms with Crippen LogP contribution in [0.15, 0.2) is 24.3 Å². The van der Waals surface area contributed by atoms with E-state index in [2.05, 4.69) is 29.2 Å². The highest BCUT2D eigenvalue weighted by Gasteiger charge is 2.55. The molecular weight excluding hydrogens is 254 g/mol. The lowest BCUT2D eigenvalue weighted by Crippen LogP contribution is -2.56. The van der Waals surface area contributed by atoms with Gasteiger partial charge in [-0.15, -0.1) is 0 Å². The first-order valence-corrected chi connectivity index (χ1v) is 7.39. The highest BCUT2D eigenvalue weighted by atomic mass is 16.6. The van der Waals surface area contributed by atoms with E-state index in [1.54, 1.807) is 0 Å². The molecule has 3 heterocycles. The van der Waals surface area contributed by atoms with E-state index in [9.17, 15) is 9.90 Å². The van der Waals surface area contributed by atoms with Crippen molar-refractivity contribution >= 4 is 5.97 Å². The second-order valence-electron chi connectivity index (χ2n) is 6.16. The van der Waals surface area contributed by atoms with E-state index in [4.69, 9.17) is 4.74 Å². The Labute approximate surface area is 118 Å². The van der Waals surface area contributed by atoms with Crippen molar-refractivity contribution in [2.75, 3.05) is 6.54 Å². The summed E-state index contributed by atoms with van der Waals surface area (Å²) in [5.41, 5.74) is 2.68. The number of carbonyl (C=O) groups excluding carboxylic acids is 1. The van der Waals surface area contributed by atoms with Crippen LogP contribution >= 0.6 is 0 Å². The van der Waals surface area contributed by atoms with Gasteiger partial charge in [-0.2, -0.15) is 0 Å². The van der Waals surface area contributed by atoms with Gasteiger partial charge in [0.2, 0.25) is 0 Å². The molecule has 1 aromatic carbocycles. The summed E-state index contributed by atoms with van der Waals surface area (Å²) in [7, 11) is 0. The molecule has 5 atom stereocenters. The number of esters is 1. The SMILES string of the molecule is C[C@@H]1OC(=O)[C@@H]2[C@H]1N1CCc3ccccc3[C@@H]1C[C@H]2O. The summed E-state index contributed by atoms with van der Waals surface area (Å²) in [6.07, 6.45) is 0.910. The predicted molar refractivity (Wildman–Crippen MR) is 73.0 cm³/mol. The lowest BCUT2D eigenvalue weighted by atomic mass is 9.77. The number of hydrogen-bond donors (Lipinski definition) is 1. The van der Waals surface area contributed by atoms with Crippen LogP contribution in [-0.2, 0) is 16.0 Å². The molecule has 0 aliphatic carbocycles. The molecule has 2 saturated heterocycles. The quantitative estimate of drug-likeness (QED) is 0.724. The van der Waals surface area contributed by atoms with E-state index in [1.807, 2.05) is 6.92 Å². The van der Waals surface area contributed by atoms with Gasteiger partial charge in [-0.1, -0.05) is 24.3 Å². The number of rotatable bonds is 0. The molecule has 1 aromatic rings. The van der Waals surface area contributed by atoms with Gasteiger partial charge in [-0.25, -0.2) is 0 Å². The fraction of sp³-hybridized carbons (Fsp3) is 0.562. The number of piperidine rings is 1. The molecule has 1 N–H and O–H groups in total. The molecule has 0 radical (unpaired) electrons. The van der Waals surface area contributed by atoms with E-state index in [1.165, 1.54) is 11.1 Å². The number of carbonyl (C=O) groups is 1. The Morgan fingerprint density at radius 3 is 3.00 bits per heavy atom. The molecule has 2 fully saturated rings. The van der Waals surface area contributed by atoms with Crippen LogP contribution < -0.4 is 0 Å². The molecule has 4 heteroatoms. The summed E-state index contributed by atoms with van der Waals surface area (Å²) in [6.45, 7) is 2.88. The first-order valence-electron chi connectivity index (χ1n) is 7.39. The van der Waals surface area contributed by atoms with E-state index in [0.29, 0.717) is 6.42 Å². The van der Waals surface area contributed by atoms with Gasteiger partial charge in [0.1, 0.15) is 12.0 Å². The normalized spacial score (nSPS) is 39.7. The maximum absolute atomic E-state index is 11.9. The van der Waals surface area contributed by atoms with Crippen LogP contribution in [0.3, 0.4) is 0 Å². The Balaban J connectivity index is 1.76. The third-order valence-electron chi connectivity index (χ3n) is 5.14. The molecule has 20 heavy (non-hydrogen) atoms. The molecule has 0 spiro atoms. The van der Waals surface area contributed by atoms with Crippen LogP contribution in [0.25, 0.3) is 0 Å². The van der Waals surface area contributed by atoms with E-state index >= 15 is 0 Å². The molecule has 106 valence electrons. The first kappa shape index (κ1) is 12.4. The number of hydrogen-bond acceptors (Lipinski definition) is 4.